The lowest BCUT2D eigenvalue weighted by atomic mass is 10.2. The molecule has 3 aromatic rings. The van der Waals surface area contributed by atoms with Crippen LogP contribution in [0.2, 0.25) is 0 Å². The van der Waals surface area contributed by atoms with Crippen LogP contribution in [0, 0.1) is 0 Å². The third-order valence-corrected chi connectivity index (χ3v) is 4.08. The second kappa shape index (κ2) is 8.30. The minimum Gasteiger partial charge on any atom is -0.487 e. The summed E-state index contributed by atoms with van der Waals surface area (Å²) in [5.41, 5.74) is 3.17. The van der Waals surface area contributed by atoms with Crippen LogP contribution in [0.3, 0.4) is 0 Å². The second-order valence-electron chi connectivity index (χ2n) is 5.12. The maximum atomic E-state index is 12.1. The molecule has 0 aliphatic rings. The van der Waals surface area contributed by atoms with Crippen LogP contribution in [0.5, 0.6) is 5.75 Å². The van der Waals surface area contributed by atoms with Crippen LogP contribution in [-0.4, -0.2) is 24.0 Å². The molecule has 0 amide bonds. The van der Waals surface area contributed by atoms with E-state index >= 15 is 0 Å². The molecule has 0 fully saturated rings. The number of benzene rings is 1. The zero-order valence-electron chi connectivity index (χ0n) is 13.8. The predicted octanol–water partition coefficient (Wildman–Crippen LogP) is 3.46. The van der Waals surface area contributed by atoms with Crippen LogP contribution in [-0.2, 0) is 22.7 Å². The Labute approximate surface area is 153 Å². The van der Waals surface area contributed by atoms with E-state index in [0.29, 0.717) is 17.9 Å². The van der Waals surface area contributed by atoms with Crippen molar-refractivity contribution in [3.63, 3.8) is 0 Å². The van der Waals surface area contributed by atoms with Crippen molar-refractivity contribution in [2.24, 2.45) is 0 Å². The minimum absolute atomic E-state index is 0.168. The van der Waals surface area contributed by atoms with Crippen LogP contribution < -0.4 is 4.74 Å². The fourth-order valence-corrected chi connectivity index (χ4v) is 2.66. The molecule has 0 unspecified atom stereocenters. The van der Waals surface area contributed by atoms with Crippen molar-refractivity contribution < 1.29 is 28.2 Å². The molecule has 0 aliphatic carbocycles. The van der Waals surface area contributed by atoms with E-state index in [1.54, 1.807) is 29.8 Å². The zero-order chi connectivity index (χ0) is 18.4. The number of thiazole rings is 1. The molecule has 0 atom stereocenters. The fourth-order valence-electron chi connectivity index (χ4n) is 2.11. The molecule has 7 nitrogen and oxygen atoms in total. The second-order valence-corrected chi connectivity index (χ2v) is 5.84. The first-order chi connectivity index (χ1) is 12.7. The summed E-state index contributed by atoms with van der Waals surface area (Å²) in [4.78, 5) is 27.8. The number of hydrogen-bond acceptors (Lipinski definition) is 8. The van der Waals surface area contributed by atoms with Gasteiger partial charge >= 0.3 is 11.9 Å². The highest BCUT2D eigenvalue weighted by Crippen LogP contribution is 2.17. The van der Waals surface area contributed by atoms with E-state index in [2.05, 4.69) is 9.72 Å². The summed E-state index contributed by atoms with van der Waals surface area (Å²) in [5, 5.41) is 1.91. The number of ether oxygens (including phenoxy) is 3. The summed E-state index contributed by atoms with van der Waals surface area (Å²) < 4.78 is 20.6. The van der Waals surface area contributed by atoms with Gasteiger partial charge < -0.3 is 18.6 Å². The lowest BCUT2D eigenvalue weighted by Gasteiger charge is -2.07. The highest BCUT2D eigenvalue weighted by Gasteiger charge is 2.17. The molecule has 3 rings (SSSR count). The van der Waals surface area contributed by atoms with Crippen molar-refractivity contribution in [1.82, 2.24) is 4.98 Å². The van der Waals surface area contributed by atoms with Gasteiger partial charge in [-0.3, -0.25) is 0 Å². The number of aromatic nitrogens is 1. The van der Waals surface area contributed by atoms with Crippen LogP contribution in [0.25, 0.3) is 0 Å². The smallest absolute Gasteiger partial charge is 0.341 e. The van der Waals surface area contributed by atoms with Gasteiger partial charge in [-0.1, -0.05) is 0 Å². The number of esters is 2. The van der Waals surface area contributed by atoms with Gasteiger partial charge in [-0.15, -0.1) is 11.3 Å². The zero-order valence-corrected chi connectivity index (χ0v) is 14.7. The Bertz CT molecular complexity index is 869. The number of furan rings is 1. The first kappa shape index (κ1) is 17.7. The third-order valence-electron chi connectivity index (χ3n) is 3.45. The number of rotatable bonds is 7. The number of hydrogen-bond donors (Lipinski definition) is 0. The molecule has 134 valence electrons. The van der Waals surface area contributed by atoms with Crippen molar-refractivity contribution in [1.29, 1.82) is 0 Å². The number of carbonyl (C=O) groups excluding carboxylic acids is 2. The van der Waals surface area contributed by atoms with Gasteiger partial charge in [-0.25, -0.2) is 14.6 Å². The summed E-state index contributed by atoms with van der Waals surface area (Å²) in [5.74, 6) is -0.239. The maximum absolute atomic E-state index is 12.1. The van der Waals surface area contributed by atoms with Gasteiger partial charge in [0.05, 0.1) is 30.1 Å². The molecular weight excluding hydrogens is 358 g/mol. The van der Waals surface area contributed by atoms with E-state index in [4.69, 9.17) is 13.9 Å². The SMILES string of the molecule is COC(=O)c1ccoc1COC(=O)c1ccc(OCc2cscn2)cc1. The van der Waals surface area contributed by atoms with Crippen LogP contribution in [0.15, 0.2) is 51.9 Å². The predicted molar refractivity (Wildman–Crippen MR) is 92.1 cm³/mol. The van der Waals surface area contributed by atoms with Crippen LogP contribution in [0.4, 0.5) is 0 Å². The van der Waals surface area contributed by atoms with E-state index in [0.717, 1.165) is 5.69 Å². The molecule has 1 aromatic carbocycles. The minimum atomic E-state index is -0.550. The van der Waals surface area contributed by atoms with Crippen LogP contribution >= 0.6 is 11.3 Å². The largest absolute Gasteiger partial charge is 0.487 e. The fraction of sp³-hybridized carbons (Fsp3) is 0.167. The summed E-state index contributed by atoms with van der Waals surface area (Å²) in [7, 11) is 1.27. The van der Waals surface area contributed by atoms with Crippen molar-refractivity contribution in [3.8, 4) is 5.75 Å². The van der Waals surface area contributed by atoms with Gasteiger partial charge in [0.2, 0.25) is 0 Å². The summed E-state index contributed by atoms with van der Waals surface area (Å²) in [6, 6.07) is 8.01. The number of carbonyl (C=O) groups is 2. The van der Waals surface area contributed by atoms with E-state index < -0.39 is 11.9 Å². The Morgan fingerprint density at radius 2 is 1.92 bits per heavy atom. The average molecular weight is 373 g/mol. The Kier molecular flexibility index (Phi) is 5.65. The quantitative estimate of drug-likeness (QED) is 0.586. The van der Waals surface area contributed by atoms with E-state index in [1.165, 1.54) is 30.8 Å². The maximum Gasteiger partial charge on any atom is 0.341 e. The molecule has 0 radical (unpaired) electrons. The lowest BCUT2D eigenvalue weighted by molar-refractivity contribution is 0.0432. The van der Waals surface area contributed by atoms with Crippen molar-refractivity contribution >= 4 is 23.3 Å². The highest BCUT2D eigenvalue weighted by molar-refractivity contribution is 7.07. The molecule has 8 heteroatoms. The summed E-state index contributed by atoms with van der Waals surface area (Å²) in [6.45, 7) is 0.195. The molecule has 0 spiro atoms. The molecule has 0 aliphatic heterocycles. The van der Waals surface area contributed by atoms with Crippen molar-refractivity contribution in [3.05, 3.63) is 70.1 Å². The highest BCUT2D eigenvalue weighted by atomic mass is 32.1. The molecule has 2 heterocycles. The Morgan fingerprint density at radius 1 is 1.12 bits per heavy atom. The summed E-state index contributed by atoms with van der Waals surface area (Å²) >= 11 is 1.50. The first-order valence-corrected chi connectivity index (χ1v) is 8.53. The Morgan fingerprint density at radius 3 is 2.62 bits per heavy atom. The van der Waals surface area contributed by atoms with E-state index in [1.807, 2.05) is 5.38 Å². The third kappa shape index (κ3) is 4.28. The average Bonchev–Trinajstić information content (AvgIpc) is 3.36. The molecule has 26 heavy (non-hydrogen) atoms. The Balaban J connectivity index is 1.55. The van der Waals surface area contributed by atoms with Gasteiger partial charge in [0.25, 0.3) is 0 Å². The molecular formula is C18H15NO6S. The van der Waals surface area contributed by atoms with Gasteiger partial charge in [0.1, 0.15) is 17.9 Å². The van der Waals surface area contributed by atoms with Gasteiger partial charge in [-0.2, -0.15) is 0 Å². The van der Waals surface area contributed by atoms with E-state index in [-0.39, 0.29) is 17.9 Å². The molecule has 0 bridgehead atoms. The molecule has 0 saturated heterocycles. The van der Waals surface area contributed by atoms with E-state index in [9.17, 15) is 9.59 Å². The van der Waals surface area contributed by atoms with Crippen LogP contribution in [0.1, 0.15) is 32.2 Å². The van der Waals surface area contributed by atoms with Crippen molar-refractivity contribution in [2.75, 3.05) is 7.11 Å². The number of methoxy groups -OCH3 is 1. The normalized spacial score (nSPS) is 10.3. The van der Waals surface area contributed by atoms with Gasteiger partial charge in [0, 0.05) is 5.38 Å². The topological polar surface area (TPSA) is 87.9 Å². The van der Waals surface area contributed by atoms with Crippen molar-refractivity contribution in [2.45, 2.75) is 13.2 Å². The van der Waals surface area contributed by atoms with Gasteiger partial charge in [0.15, 0.2) is 12.4 Å². The summed E-state index contributed by atoms with van der Waals surface area (Å²) in [6.07, 6.45) is 1.34. The van der Waals surface area contributed by atoms with Gasteiger partial charge in [-0.05, 0) is 30.3 Å². The Hall–Kier alpha value is -3.13. The monoisotopic (exact) mass is 373 g/mol. The standard InChI is InChI=1S/C18H15NO6S/c1-22-18(21)15-6-7-23-16(15)9-25-17(20)12-2-4-14(5-3-12)24-8-13-10-26-11-19-13/h2-7,10-11H,8-9H2,1H3. The molecule has 2 aromatic heterocycles. The first-order valence-electron chi connectivity index (χ1n) is 7.59. The number of nitrogens with zero attached hydrogens (tertiary/aromatic N) is 1. The molecule has 0 N–H and O–H groups in total. The lowest BCUT2D eigenvalue weighted by Crippen LogP contribution is -2.08. The molecule has 0 saturated carbocycles.